The van der Waals surface area contributed by atoms with Crippen LogP contribution in [-0.2, 0) is 0 Å². The molecule has 18 heavy (non-hydrogen) atoms. The van der Waals surface area contributed by atoms with Crippen molar-refractivity contribution < 1.29 is 4.79 Å². The molecule has 1 atom stereocenters. The number of benzene rings is 1. The summed E-state index contributed by atoms with van der Waals surface area (Å²) in [6, 6.07) is 7.03. The van der Waals surface area contributed by atoms with Crippen molar-refractivity contribution >= 4 is 29.9 Å². The van der Waals surface area contributed by atoms with Crippen molar-refractivity contribution in [3.8, 4) is 0 Å². The zero-order valence-corrected chi connectivity index (χ0v) is 11.7. The molecule has 0 aromatic heterocycles. The molecule has 0 radical (unpaired) electrons. The highest BCUT2D eigenvalue weighted by atomic mass is 35.5. The molecule has 0 saturated carbocycles. The molecule has 1 aliphatic rings. The minimum Gasteiger partial charge on any atom is -0.352 e. The fourth-order valence-corrected chi connectivity index (χ4v) is 2.26. The maximum Gasteiger partial charge on any atom is 0.251 e. The Morgan fingerprint density at radius 2 is 2.33 bits per heavy atom. The van der Waals surface area contributed by atoms with Gasteiger partial charge in [0.15, 0.2) is 0 Å². The van der Waals surface area contributed by atoms with Crippen molar-refractivity contribution in [3.63, 3.8) is 0 Å². The van der Waals surface area contributed by atoms with Gasteiger partial charge in [0.1, 0.15) is 0 Å². The van der Waals surface area contributed by atoms with E-state index in [9.17, 15) is 4.79 Å². The van der Waals surface area contributed by atoms with E-state index in [2.05, 4.69) is 10.6 Å². The quantitative estimate of drug-likeness (QED) is 0.897. The summed E-state index contributed by atoms with van der Waals surface area (Å²) in [5.74, 6) is 0.505. The lowest BCUT2D eigenvalue weighted by Crippen LogP contribution is -2.38. The van der Waals surface area contributed by atoms with Crippen molar-refractivity contribution in [3.05, 3.63) is 34.9 Å². The molecule has 1 amide bonds. The molecule has 1 heterocycles. The second-order valence-electron chi connectivity index (χ2n) is 4.43. The average molecular weight is 289 g/mol. The van der Waals surface area contributed by atoms with Crippen molar-refractivity contribution in [1.29, 1.82) is 0 Å². The van der Waals surface area contributed by atoms with E-state index in [-0.39, 0.29) is 18.3 Å². The molecule has 1 fully saturated rings. The highest BCUT2D eigenvalue weighted by Crippen LogP contribution is 2.11. The number of hydrogen-bond acceptors (Lipinski definition) is 2. The molecule has 5 heteroatoms. The molecule has 100 valence electrons. The Hall–Kier alpha value is -0.770. The first kappa shape index (κ1) is 15.3. The van der Waals surface area contributed by atoms with Crippen LogP contribution < -0.4 is 10.6 Å². The van der Waals surface area contributed by atoms with E-state index in [1.165, 1.54) is 12.8 Å². The van der Waals surface area contributed by atoms with Crippen LogP contribution in [0.4, 0.5) is 0 Å². The normalized spacial score (nSPS) is 18.8. The molecule has 3 nitrogen and oxygen atoms in total. The van der Waals surface area contributed by atoms with E-state index in [1.54, 1.807) is 24.3 Å². The first-order valence-electron chi connectivity index (χ1n) is 6.00. The van der Waals surface area contributed by atoms with Gasteiger partial charge in [-0.05, 0) is 50.0 Å². The van der Waals surface area contributed by atoms with Gasteiger partial charge in [-0.2, -0.15) is 0 Å². The second kappa shape index (κ2) is 7.62. The summed E-state index contributed by atoms with van der Waals surface area (Å²) >= 11 is 5.85. The van der Waals surface area contributed by atoms with Crippen LogP contribution in [0.3, 0.4) is 0 Å². The summed E-state index contributed by atoms with van der Waals surface area (Å²) in [6.07, 6.45) is 2.38. The number of carbonyl (C=O) groups excluding carboxylic acids is 1. The summed E-state index contributed by atoms with van der Waals surface area (Å²) in [7, 11) is 0. The first-order valence-corrected chi connectivity index (χ1v) is 6.38. The predicted octanol–water partition coefficient (Wildman–Crippen LogP) is 2.49. The lowest BCUT2D eigenvalue weighted by atomic mass is 10.00. The van der Waals surface area contributed by atoms with Crippen LogP contribution in [0.1, 0.15) is 23.2 Å². The van der Waals surface area contributed by atoms with E-state index in [0.717, 1.165) is 19.6 Å². The van der Waals surface area contributed by atoms with Crippen LogP contribution in [0.15, 0.2) is 24.3 Å². The van der Waals surface area contributed by atoms with Gasteiger partial charge in [0.2, 0.25) is 0 Å². The van der Waals surface area contributed by atoms with Crippen LogP contribution in [0.25, 0.3) is 0 Å². The molecule has 2 N–H and O–H groups in total. The molecule has 1 aliphatic heterocycles. The molecular formula is C13H18Cl2N2O. The van der Waals surface area contributed by atoms with Gasteiger partial charge in [-0.1, -0.05) is 17.7 Å². The van der Waals surface area contributed by atoms with Gasteiger partial charge in [-0.15, -0.1) is 12.4 Å². The van der Waals surface area contributed by atoms with Gasteiger partial charge in [0.25, 0.3) is 5.91 Å². The number of amides is 1. The predicted molar refractivity (Wildman–Crippen MR) is 76.6 cm³/mol. The number of hydrogen-bond donors (Lipinski definition) is 2. The Labute approximate surface area is 119 Å². The molecule has 0 aliphatic carbocycles. The molecule has 0 spiro atoms. The minimum atomic E-state index is -0.0435. The summed E-state index contributed by atoms with van der Waals surface area (Å²) in [5, 5.41) is 6.89. The van der Waals surface area contributed by atoms with Crippen LogP contribution in [-0.4, -0.2) is 25.5 Å². The lowest BCUT2D eigenvalue weighted by Gasteiger charge is -2.22. The van der Waals surface area contributed by atoms with E-state index in [1.807, 2.05) is 0 Å². The third-order valence-electron chi connectivity index (χ3n) is 3.04. The van der Waals surface area contributed by atoms with Crippen molar-refractivity contribution in [2.45, 2.75) is 12.8 Å². The Balaban J connectivity index is 0.00000162. The molecular weight excluding hydrogens is 271 g/mol. The molecule has 1 aromatic carbocycles. The standard InChI is InChI=1S/C13H17ClN2O.ClH/c14-12-5-1-4-11(7-12)13(17)16-9-10-3-2-6-15-8-10;/h1,4-5,7,10,15H,2-3,6,8-9H2,(H,16,17);1H. The van der Waals surface area contributed by atoms with Gasteiger partial charge in [0, 0.05) is 17.1 Å². The topological polar surface area (TPSA) is 41.1 Å². The SMILES string of the molecule is Cl.O=C(NCC1CCCNC1)c1cccc(Cl)c1. The summed E-state index contributed by atoms with van der Waals surface area (Å²) < 4.78 is 0. The van der Waals surface area contributed by atoms with Crippen LogP contribution >= 0.6 is 24.0 Å². The molecule has 2 rings (SSSR count). The van der Waals surface area contributed by atoms with Gasteiger partial charge < -0.3 is 10.6 Å². The molecule has 1 aromatic rings. The largest absolute Gasteiger partial charge is 0.352 e. The monoisotopic (exact) mass is 288 g/mol. The first-order chi connectivity index (χ1) is 8.25. The Kier molecular flexibility index (Phi) is 6.47. The number of carbonyl (C=O) groups is 1. The average Bonchev–Trinajstić information content (AvgIpc) is 2.37. The summed E-state index contributed by atoms with van der Waals surface area (Å²) in [5.41, 5.74) is 0.626. The van der Waals surface area contributed by atoms with Gasteiger partial charge in [0.05, 0.1) is 0 Å². The van der Waals surface area contributed by atoms with Gasteiger partial charge in [-0.25, -0.2) is 0 Å². The Bertz CT molecular complexity index is 392. The zero-order valence-electron chi connectivity index (χ0n) is 10.1. The van der Waals surface area contributed by atoms with Gasteiger partial charge >= 0.3 is 0 Å². The van der Waals surface area contributed by atoms with Gasteiger partial charge in [-0.3, -0.25) is 4.79 Å². The highest BCUT2D eigenvalue weighted by Gasteiger charge is 2.14. The van der Waals surface area contributed by atoms with Crippen LogP contribution in [0.5, 0.6) is 0 Å². The van der Waals surface area contributed by atoms with Crippen LogP contribution in [0.2, 0.25) is 5.02 Å². The maximum atomic E-state index is 11.8. The van der Waals surface area contributed by atoms with Crippen molar-refractivity contribution in [1.82, 2.24) is 10.6 Å². The molecule has 1 unspecified atom stereocenters. The molecule has 1 saturated heterocycles. The molecule has 0 bridgehead atoms. The third kappa shape index (κ3) is 4.48. The fourth-order valence-electron chi connectivity index (χ4n) is 2.07. The number of nitrogens with one attached hydrogen (secondary N) is 2. The number of halogens is 2. The third-order valence-corrected chi connectivity index (χ3v) is 3.27. The van der Waals surface area contributed by atoms with E-state index < -0.39 is 0 Å². The van der Waals surface area contributed by atoms with E-state index >= 15 is 0 Å². The number of piperidine rings is 1. The maximum absolute atomic E-state index is 11.8. The summed E-state index contributed by atoms with van der Waals surface area (Å²) in [4.78, 5) is 11.8. The van der Waals surface area contributed by atoms with E-state index in [4.69, 9.17) is 11.6 Å². The van der Waals surface area contributed by atoms with Crippen molar-refractivity contribution in [2.75, 3.05) is 19.6 Å². The highest BCUT2D eigenvalue weighted by molar-refractivity contribution is 6.30. The lowest BCUT2D eigenvalue weighted by molar-refractivity contribution is 0.0945. The zero-order chi connectivity index (χ0) is 12.1. The minimum absolute atomic E-state index is 0. The second-order valence-corrected chi connectivity index (χ2v) is 4.87. The summed E-state index contributed by atoms with van der Waals surface area (Å²) in [6.45, 7) is 2.83. The van der Waals surface area contributed by atoms with Crippen molar-refractivity contribution in [2.24, 2.45) is 5.92 Å². The van der Waals surface area contributed by atoms with E-state index in [0.29, 0.717) is 16.5 Å². The van der Waals surface area contributed by atoms with Crippen LogP contribution in [0, 0.1) is 5.92 Å². The smallest absolute Gasteiger partial charge is 0.251 e. The Morgan fingerprint density at radius 3 is 3.00 bits per heavy atom. The fraction of sp³-hybridized carbons (Fsp3) is 0.462. The number of rotatable bonds is 3. The Morgan fingerprint density at radius 1 is 1.50 bits per heavy atom.